The van der Waals surface area contributed by atoms with Crippen LogP contribution in [0.3, 0.4) is 0 Å². The summed E-state index contributed by atoms with van der Waals surface area (Å²) in [5, 5.41) is 2.97. The molecule has 0 saturated heterocycles. The highest BCUT2D eigenvalue weighted by Gasteiger charge is 2.11. The fraction of sp³-hybridized carbons (Fsp3) is 0.444. The van der Waals surface area contributed by atoms with Crippen LogP contribution in [0.15, 0.2) is 12.4 Å². The number of anilines is 1. The van der Waals surface area contributed by atoms with Crippen LogP contribution in [0, 0.1) is 0 Å². The Kier molecular flexibility index (Phi) is 3.21. The zero-order valence-corrected chi connectivity index (χ0v) is 8.82. The predicted octanol–water partition coefficient (Wildman–Crippen LogP) is -0.275. The number of nitrogens with two attached hydrogens (primary N) is 2. The van der Waals surface area contributed by atoms with E-state index >= 15 is 0 Å². The molecule has 5 N–H and O–H groups in total. The molecule has 1 amide bonds. The Bertz CT molecular complexity index is 358. The van der Waals surface area contributed by atoms with Crippen molar-refractivity contribution in [1.29, 1.82) is 0 Å². The van der Waals surface area contributed by atoms with E-state index in [-0.39, 0.29) is 11.2 Å². The van der Waals surface area contributed by atoms with Crippen molar-refractivity contribution < 1.29 is 4.79 Å². The number of nitrogens with one attached hydrogen (secondary N) is 1. The highest BCUT2D eigenvalue weighted by Crippen LogP contribution is 2.04. The van der Waals surface area contributed by atoms with Gasteiger partial charge in [-0.15, -0.1) is 0 Å². The van der Waals surface area contributed by atoms with Crippen LogP contribution in [0.1, 0.15) is 24.3 Å². The number of aromatic nitrogens is 2. The summed E-state index contributed by atoms with van der Waals surface area (Å²) in [6.45, 7) is 4.29. The Labute approximate surface area is 88.1 Å². The summed E-state index contributed by atoms with van der Waals surface area (Å²) >= 11 is 0. The molecule has 0 aliphatic heterocycles. The van der Waals surface area contributed by atoms with Crippen molar-refractivity contribution in [2.75, 3.05) is 11.9 Å². The number of hydrogen-bond donors (Lipinski definition) is 3. The molecule has 82 valence electrons. The Morgan fingerprint density at radius 1 is 1.53 bits per heavy atom. The Balaban J connectivity index is 2.70. The van der Waals surface area contributed by atoms with Crippen LogP contribution < -0.4 is 16.8 Å². The Morgan fingerprint density at radius 2 is 2.20 bits per heavy atom. The van der Waals surface area contributed by atoms with Gasteiger partial charge >= 0.3 is 0 Å². The first-order chi connectivity index (χ1) is 6.88. The average Bonchev–Trinajstić information content (AvgIpc) is 2.14. The van der Waals surface area contributed by atoms with Crippen molar-refractivity contribution in [3.05, 3.63) is 18.1 Å². The van der Waals surface area contributed by atoms with E-state index in [1.54, 1.807) is 0 Å². The SMILES string of the molecule is CC(C)(N)CNc1cncc(C(N)=O)n1. The fourth-order valence-electron chi connectivity index (χ4n) is 0.888. The van der Waals surface area contributed by atoms with E-state index < -0.39 is 5.91 Å². The molecule has 0 aromatic carbocycles. The quantitative estimate of drug-likeness (QED) is 0.632. The number of carbonyl (C=O) groups excluding carboxylic acids is 1. The summed E-state index contributed by atoms with van der Waals surface area (Å²) in [7, 11) is 0. The minimum Gasteiger partial charge on any atom is -0.367 e. The second kappa shape index (κ2) is 4.22. The molecule has 0 radical (unpaired) electrons. The van der Waals surface area contributed by atoms with Gasteiger partial charge in [0.1, 0.15) is 11.5 Å². The van der Waals surface area contributed by atoms with Gasteiger partial charge in [0.25, 0.3) is 5.91 Å². The summed E-state index contributed by atoms with van der Waals surface area (Å²) in [6.07, 6.45) is 2.83. The third-order valence-corrected chi connectivity index (χ3v) is 1.61. The molecule has 6 nitrogen and oxygen atoms in total. The Hall–Kier alpha value is -1.69. The first-order valence-electron chi connectivity index (χ1n) is 4.53. The van der Waals surface area contributed by atoms with Crippen molar-refractivity contribution in [3.63, 3.8) is 0 Å². The molecular formula is C9H15N5O. The van der Waals surface area contributed by atoms with Crippen LogP contribution in [-0.2, 0) is 0 Å². The lowest BCUT2D eigenvalue weighted by Crippen LogP contribution is -2.39. The summed E-state index contributed by atoms with van der Waals surface area (Å²) in [5.41, 5.74) is 10.6. The van der Waals surface area contributed by atoms with Gasteiger partial charge in [0, 0.05) is 12.1 Å². The molecule has 1 rings (SSSR count). The topological polar surface area (TPSA) is 107 Å². The number of nitrogens with zero attached hydrogens (tertiary/aromatic N) is 2. The summed E-state index contributed by atoms with van der Waals surface area (Å²) in [4.78, 5) is 18.6. The molecule has 0 saturated carbocycles. The standard InChI is InChI=1S/C9H15N5O/c1-9(2,11)5-13-7-4-12-3-6(14-7)8(10)15/h3-4H,5,11H2,1-2H3,(H2,10,15)(H,13,14). The molecule has 1 aromatic heterocycles. The second-order valence-electron chi connectivity index (χ2n) is 4.00. The molecule has 0 aliphatic rings. The molecule has 15 heavy (non-hydrogen) atoms. The van der Waals surface area contributed by atoms with Crippen LogP contribution in [0.2, 0.25) is 0 Å². The normalized spacial score (nSPS) is 11.1. The number of rotatable bonds is 4. The van der Waals surface area contributed by atoms with E-state index in [9.17, 15) is 4.79 Å². The zero-order valence-electron chi connectivity index (χ0n) is 8.82. The lowest BCUT2D eigenvalue weighted by molar-refractivity contribution is 0.0995. The second-order valence-corrected chi connectivity index (χ2v) is 4.00. The first kappa shape index (κ1) is 11.4. The largest absolute Gasteiger partial charge is 0.367 e. The molecule has 1 aromatic rings. The van der Waals surface area contributed by atoms with Crippen molar-refractivity contribution in [1.82, 2.24) is 9.97 Å². The lowest BCUT2D eigenvalue weighted by atomic mass is 10.1. The maximum atomic E-state index is 10.8. The molecule has 0 bridgehead atoms. The third kappa shape index (κ3) is 3.90. The van der Waals surface area contributed by atoms with Gasteiger partial charge in [0.2, 0.25) is 0 Å². The van der Waals surface area contributed by atoms with Gasteiger partial charge < -0.3 is 16.8 Å². The van der Waals surface area contributed by atoms with E-state index in [1.165, 1.54) is 12.4 Å². The monoisotopic (exact) mass is 209 g/mol. The van der Waals surface area contributed by atoms with E-state index in [2.05, 4.69) is 15.3 Å². The van der Waals surface area contributed by atoms with Crippen LogP contribution in [-0.4, -0.2) is 28.0 Å². The van der Waals surface area contributed by atoms with Gasteiger partial charge in [-0.05, 0) is 13.8 Å². The van der Waals surface area contributed by atoms with Gasteiger partial charge in [0.15, 0.2) is 0 Å². The average molecular weight is 209 g/mol. The molecule has 0 atom stereocenters. The predicted molar refractivity (Wildman–Crippen MR) is 57.3 cm³/mol. The van der Waals surface area contributed by atoms with Gasteiger partial charge in [-0.25, -0.2) is 4.98 Å². The Morgan fingerprint density at radius 3 is 2.73 bits per heavy atom. The van der Waals surface area contributed by atoms with Crippen molar-refractivity contribution in [2.24, 2.45) is 11.5 Å². The number of primary amides is 1. The van der Waals surface area contributed by atoms with Gasteiger partial charge in [-0.1, -0.05) is 0 Å². The number of amides is 1. The van der Waals surface area contributed by atoms with Crippen LogP contribution >= 0.6 is 0 Å². The molecular weight excluding hydrogens is 194 g/mol. The minimum absolute atomic E-state index is 0.134. The molecule has 1 heterocycles. The molecule has 0 fully saturated rings. The number of hydrogen-bond acceptors (Lipinski definition) is 5. The van der Waals surface area contributed by atoms with Crippen molar-refractivity contribution in [3.8, 4) is 0 Å². The van der Waals surface area contributed by atoms with Crippen LogP contribution in [0.4, 0.5) is 5.82 Å². The highest BCUT2D eigenvalue weighted by atomic mass is 16.1. The van der Waals surface area contributed by atoms with Gasteiger partial charge in [-0.3, -0.25) is 9.78 Å². The minimum atomic E-state index is -0.599. The molecule has 0 aliphatic carbocycles. The maximum Gasteiger partial charge on any atom is 0.268 e. The summed E-state index contributed by atoms with van der Waals surface area (Å²) < 4.78 is 0. The number of carbonyl (C=O) groups is 1. The summed E-state index contributed by atoms with van der Waals surface area (Å²) in [6, 6.07) is 0. The van der Waals surface area contributed by atoms with Gasteiger partial charge in [0.05, 0.1) is 12.4 Å². The van der Waals surface area contributed by atoms with Gasteiger partial charge in [-0.2, -0.15) is 0 Å². The van der Waals surface area contributed by atoms with Crippen molar-refractivity contribution in [2.45, 2.75) is 19.4 Å². The van der Waals surface area contributed by atoms with E-state index in [4.69, 9.17) is 11.5 Å². The maximum absolute atomic E-state index is 10.8. The molecule has 0 unspecified atom stereocenters. The highest BCUT2D eigenvalue weighted by molar-refractivity contribution is 5.90. The first-order valence-corrected chi connectivity index (χ1v) is 4.53. The smallest absolute Gasteiger partial charge is 0.268 e. The van der Waals surface area contributed by atoms with E-state index in [0.717, 1.165) is 0 Å². The van der Waals surface area contributed by atoms with Crippen molar-refractivity contribution >= 4 is 11.7 Å². The third-order valence-electron chi connectivity index (χ3n) is 1.61. The van der Waals surface area contributed by atoms with E-state index in [1.807, 2.05) is 13.8 Å². The lowest BCUT2D eigenvalue weighted by Gasteiger charge is -2.19. The molecule has 6 heteroatoms. The van der Waals surface area contributed by atoms with Crippen LogP contribution in [0.25, 0.3) is 0 Å². The van der Waals surface area contributed by atoms with Crippen LogP contribution in [0.5, 0.6) is 0 Å². The zero-order chi connectivity index (χ0) is 11.5. The van der Waals surface area contributed by atoms with E-state index in [0.29, 0.717) is 12.4 Å². The molecule has 0 spiro atoms. The summed E-state index contributed by atoms with van der Waals surface area (Å²) in [5.74, 6) is -0.108. The fourth-order valence-corrected chi connectivity index (χ4v) is 0.888.